The highest BCUT2D eigenvalue weighted by Crippen LogP contribution is 2.36. The first kappa shape index (κ1) is 26.6. The molecule has 8 heteroatoms. The Morgan fingerprint density at radius 2 is 1.51 bits per heavy atom. The monoisotopic (exact) mass is 505 g/mol. The minimum atomic E-state index is 0.182. The molecule has 3 aromatic carbocycles. The third-order valence-corrected chi connectivity index (χ3v) is 6.90. The van der Waals surface area contributed by atoms with E-state index in [1.165, 1.54) is 11.1 Å². The Morgan fingerprint density at radius 1 is 0.838 bits per heavy atom. The first-order chi connectivity index (χ1) is 18.0. The third-order valence-electron chi connectivity index (χ3n) is 6.90. The van der Waals surface area contributed by atoms with Crippen molar-refractivity contribution in [2.24, 2.45) is 0 Å². The summed E-state index contributed by atoms with van der Waals surface area (Å²) >= 11 is 0. The summed E-state index contributed by atoms with van der Waals surface area (Å²) in [6, 6.07) is 23.2. The maximum absolute atomic E-state index is 6.19. The standard InChI is InChI=1S/C29H39N5O3/c1-35-16-14-33(15-17-36-2)24-8-6-23(7-9-24)29-20-32(19-22-4-11-26(37-3)12-5-22)21-34(29)25-10-13-27(30)28(31)18-25/h4-13,18,29H,14-17,19-21,30-31H2,1-3H3. The van der Waals surface area contributed by atoms with E-state index in [-0.39, 0.29) is 6.04 Å². The number of rotatable bonds is 12. The lowest BCUT2D eigenvalue weighted by Gasteiger charge is -2.28. The second-order valence-electron chi connectivity index (χ2n) is 9.36. The van der Waals surface area contributed by atoms with Gasteiger partial charge in [0.1, 0.15) is 5.75 Å². The molecule has 37 heavy (non-hydrogen) atoms. The molecule has 1 saturated heterocycles. The molecule has 3 aromatic rings. The lowest BCUT2D eigenvalue weighted by molar-refractivity contribution is 0.190. The molecule has 0 spiro atoms. The van der Waals surface area contributed by atoms with Gasteiger partial charge in [-0.25, -0.2) is 0 Å². The van der Waals surface area contributed by atoms with Crippen LogP contribution in [0.25, 0.3) is 0 Å². The molecule has 1 fully saturated rings. The minimum absolute atomic E-state index is 0.182. The van der Waals surface area contributed by atoms with Crippen molar-refractivity contribution in [2.75, 3.05) is 82.1 Å². The highest BCUT2D eigenvalue weighted by atomic mass is 16.5. The van der Waals surface area contributed by atoms with Crippen molar-refractivity contribution < 1.29 is 14.2 Å². The van der Waals surface area contributed by atoms with E-state index in [4.69, 9.17) is 25.7 Å². The molecule has 198 valence electrons. The van der Waals surface area contributed by atoms with Gasteiger partial charge in [-0.2, -0.15) is 0 Å². The van der Waals surface area contributed by atoms with Crippen molar-refractivity contribution in [1.29, 1.82) is 0 Å². The molecule has 8 nitrogen and oxygen atoms in total. The molecule has 1 atom stereocenters. The summed E-state index contributed by atoms with van der Waals surface area (Å²) < 4.78 is 15.9. The van der Waals surface area contributed by atoms with E-state index in [1.54, 1.807) is 21.3 Å². The fourth-order valence-electron chi connectivity index (χ4n) is 4.79. The molecule has 1 aliphatic heterocycles. The average Bonchev–Trinajstić information content (AvgIpc) is 3.34. The Balaban J connectivity index is 1.57. The largest absolute Gasteiger partial charge is 0.497 e. The summed E-state index contributed by atoms with van der Waals surface area (Å²) in [6.45, 7) is 5.50. The molecule has 0 radical (unpaired) electrons. The first-order valence-corrected chi connectivity index (χ1v) is 12.6. The molecule has 1 heterocycles. The molecule has 4 N–H and O–H groups in total. The number of nitrogen functional groups attached to an aromatic ring is 2. The Labute approximate surface area is 220 Å². The number of hydrogen-bond acceptors (Lipinski definition) is 8. The number of anilines is 4. The van der Waals surface area contributed by atoms with Gasteiger partial charge in [-0.3, -0.25) is 4.90 Å². The van der Waals surface area contributed by atoms with Crippen LogP contribution in [0.1, 0.15) is 17.2 Å². The maximum atomic E-state index is 6.19. The van der Waals surface area contributed by atoms with Crippen LogP contribution in [0.4, 0.5) is 22.7 Å². The van der Waals surface area contributed by atoms with Crippen molar-refractivity contribution >= 4 is 22.7 Å². The first-order valence-electron chi connectivity index (χ1n) is 12.6. The van der Waals surface area contributed by atoms with Crippen molar-refractivity contribution in [3.63, 3.8) is 0 Å². The van der Waals surface area contributed by atoms with Crippen LogP contribution in [0, 0.1) is 0 Å². The van der Waals surface area contributed by atoms with Crippen molar-refractivity contribution in [3.8, 4) is 5.75 Å². The molecule has 4 rings (SSSR count). The fourth-order valence-corrected chi connectivity index (χ4v) is 4.79. The van der Waals surface area contributed by atoms with Crippen LogP contribution in [0.5, 0.6) is 5.75 Å². The van der Waals surface area contributed by atoms with Crippen molar-refractivity contribution in [3.05, 3.63) is 77.9 Å². The van der Waals surface area contributed by atoms with Gasteiger partial charge in [-0.05, 0) is 53.6 Å². The summed E-state index contributed by atoms with van der Waals surface area (Å²) in [5.41, 5.74) is 18.1. The number of ether oxygens (including phenoxy) is 3. The molecule has 0 bridgehead atoms. The smallest absolute Gasteiger partial charge is 0.118 e. The van der Waals surface area contributed by atoms with E-state index in [0.29, 0.717) is 24.6 Å². The third kappa shape index (κ3) is 6.65. The predicted octanol–water partition coefficient (Wildman–Crippen LogP) is 3.98. The topological polar surface area (TPSA) is 89.5 Å². The van der Waals surface area contributed by atoms with E-state index >= 15 is 0 Å². The molecule has 0 aromatic heterocycles. The lowest BCUT2D eigenvalue weighted by Crippen LogP contribution is -2.30. The lowest BCUT2D eigenvalue weighted by atomic mass is 10.0. The number of nitrogens with two attached hydrogens (primary N) is 2. The van der Waals surface area contributed by atoms with Gasteiger partial charge in [0.2, 0.25) is 0 Å². The maximum Gasteiger partial charge on any atom is 0.118 e. The highest BCUT2D eigenvalue weighted by Gasteiger charge is 2.32. The van der Waals surface area contributed by atoms with Crippen LogP contribution in [-0.2, 0) is 16.0 Å². The minimum Gasteiger partial charge on any atom is -0.497 e. The van der Waals surface area contributed by atoms with Crippen LogP contribution >= 0.6 is 0 Å². The van der Waals surface area contributed by atoms with E-state index in [2.05, 4.69) is 57.2 Å². The van der Waals surface area contributed by atoms with E-state index in [9.17, 15) is 0 Å². The SMILES string of the molecule is COCCN(CCOC)c1ccc(C2CN(Cc3ccc(OC)cc3)CN2c2ccc(N)c(N)c2)cc1. The van der Waals surface area contributed by atoms with E-state index in [1.807, 2.05) is 24.3 Å². The number of hydrogen-bond donors (Lipinski definition) is 2. The van der Waals surface area contributed by atoms with Gasteiger partial charge in [0, 0.05) is 51.8 Å². The normalized spacial score (nSPS) is 15.8. The van der Waals surface area contributed by atoms with Crippen LogP contribution < -0.4 is 26.0 Å². The van der Waals surface area contributed by atoms with Gasteiger partial charge < -0.3 is 35.5 Å². The fraction of sp³-hybridized carbons (Fsp3) is 0.379. The van der Waals surface area contributed by atoms with E-state index < -0.39 is 0 Å². The van der Waals surface area contributed by atoms with Gasteiger partial charge in [0.05, 0.1) is 44.4 Å². The molecular weight excluding hydrogens is 466 g/mol. The summed E-state index contributed by atoms with van der Waals surface area (Å²) in [7, 11) is 5.15. The second kappa shape index (κ2) is 12.7. The van der Waals surface area contributed by atoms with Crippen LogP contribution in [0.3, 0.4) is 0 Å². The molecule has 0 aliphatic carbocycles. The summed E-state index contributed by atoms with van der Waals surface area (Å²) in [5.74, 6) is 0.868. The molecule has 0 amide bonds. The number of nitrogens with zero attached hydrogens (tertiary/aromatic N) is 3. The van der Waals surface area contributed by atoms with Gasteiger partial charge >= 0.3 is 0 Å². The highest BCUT2D eigenvalue weighted by molar-refractivity contribution is 5.70. The zero-order chi connectivity index (χ0) is 26.2. The van der Waals surface area contributed by atoms with Crippen LogP contribution in [0.2, 0.25) is 0 Å². The average molecular weight is 506 g/mol. The Hall–Kier alpha value is -3.46. The molecule has 1 unspecified atom stereocenters. The van der Waals surface area contributed by atoms with Gasteiger partial charge in [-0.1, -0.05) is 24.3 Å². The summed E-state index contributed by atoms with van der Waals surface area (Å²) in [5, 5.41) is 0. The van der Waals surface area contributed by atoms with Crippen LogP contribution in [0.15, 0.2) is 66.7 Å². The number of methoxy groups -OCH3 is 3. The van der Waals surface area contributed by atoms with Gasteiger partial charge in [0.15, 0.2) is 0 Å². The molecule has 0 saturated carbocycles. The Bertz CT molecular complexity index is 1120. The van der Waals surface area contributed by atoms with Crippen molar-refractivity contribution in [1.82, 2.24) is 4.90 Å². The van der Waals surface area contributed by atoms with E-state index in [0.717, 1.165) is 50.0 Å². The Kier molecular flexibility index (Phi) is 9.11. The summed E-state index contributed by atoms with van der Waals surface area (Å²) in [6.07, 6.45) is 0. The van der Waals surface area contributed by atoms with Crippen molar-refractivity contribution in [2.45, 2.75) is 12.6 Å². The van der Waals surface area contributed by atoms with Gasteiger partial charge in [0.25, 0.3) is 0 Å². The zero-order valence-electron chi connectivity index (χ0n) is 22.1. The Morgan fingerprint density at radius 3 is 2.11 bits per heavy atom. The predicted molar refractivity (Wildman–Crippen MR) is 151 cm³/mol. The summed E-state index contributed by atoms with van der Waals surface area (Å²) in [4.78, 5) is 7.15. The quantitative estimate of drug-likeness (QED) is 0.357. The second-order valence-corrected chi connectivity index (χ2v) is 9.36. The van der Waals surface area contributed by atoms with Crippen LogP contribution in [-0.4, -0.2) is 65.7 Å². The van der Waals surface area contributed by atoms with Gasteiger partial charge in [-0.15, -0.1) is 0 Å². The molecule has 1 aliphatic rings. The zero-order valence-corrected chi connectivity index (χ0v) is 22.1. The number of benzene rings is 3. The molecular formula is C29H39N5O3.